The Morgan fingerprint density at radius 3 is 2.38 bits per heavy atom. The molecule has 0 unspecified atom stereocenters. The van der Waals surface area contributed by atoms with Gasteiger partial charge in [0.25, 0.3) is 0 Å². The number of aromatic nitrogens is 2. The van der Waals surface area contributed by atoms with E-state index in [-0.39, 0.29) is 0 Å². The highest BCUT2D eigenvalue weighted by Crippen LogP contribution is 2.36. The van der Waals surface area contributed by atoms with Crippen molar-refractivity contribution in [3.05, 3.63) is 11.7 Å². The summed E-state index contributed by atoms with van der Waals surface area (Å²) < 4.78 is 11.3. The lowest BCUT2D eigenvalue weighted by Crippen LogP contribution is -2.34. The second-order valence-corrected chi connectivity index (χ2v) is 6.40. The molecule has 1 saturated carbocycles. The summed E-state index contributed by atoms with van der Waals surface area (Å²) in [4.78, 5) is 7.30. The molecule has 0 aromatic carbocycles. The second kappa shape index (κ2) is 6.05. The van der Waals surface area contributed by atoms with Crippen LogP contribution in [0.3, 0.4) is 0 Å². The summed E-state index contributed by atoms with van der Waals surface area (Å²) in [6.45, 7) is 6.56. The smallest absolute Gasteiger partial charge is 0.229 e. The molecule has 2 heterocycles. The van der Waals surface area contributed by atoms with E-state index < -0.39 is 5.60 Å². The molecular formula is C16H27N3O2. The Labute approximate surface area is 127 Å². The van der Waals surface area contributed by atoms with Gasteiger partial charge in [-0.05, 0) is 51.6 Å². The lowest BCUT2D eigenvalue weighted by atomic mass is 9.95. The van der Waals surface area contributed by atoms with Crippen molar-refractivity contribution in [3.8, 4) is 0 Å². The zero-order valence-electron chi connectivity index (χ0n) is 13.5. The van der Waals surface area contributed by atoms with Gasteiger partial charge in [0.1, 0.15) is 5.60 Å². The molecule has 0 N–H and O–H groups in total. The summed E-state index contributed by atoms with van der Waals surface area (Å²) in [7, 11) is 1.73. The van der Waals surface area contributed by atoms with Crippen LogP contribution in [0.5, 0.6) is 0 Å². The number of likely N-dealkylation sites (tertiary alicyclic amines) is 1. The van der Waals surface area contributed by atoms with E-state index in [9.17, 15) is 0 Å². The van der Waals surface area contributed by atoms with E-state index in [4.69, 9.17) is 9.26 Å². The first-order valence-electron chi connectivity index (χ1n) is 8.35. The normalized spacial score (nSPS) is 21.9. The van der Waals surface area contributed by atoms with Crippen LogP contribution in [0, 0.1) is 0 Å². The number of hydrogen-bond acceptors (Lipinski definition) is 5. The van der Waals surface area contributed by atoms with Crippen molar-refractivity contribution in [2.75, 3.05) is 20.2 Å². The number of piperidine rings is 1. The van der Waals surface area contributed by atoms with Crippen LogP contribution in [0.2, 0.25) is 0 Å². The highest BCUT2D eigenvalue weighted by atomic mass is 16.5. The second-order valence-electron chi connectivity index (χ2n) is 6.40. The third-order valence-electron chi connectivity index (χ3n) is 5.32. The first-order chi connectivity index (χ1) is 10.2. The van der Waals surface area contributed by atoms with Gasteiger partial charge in [-0.15, -0.1) is 0 Å². The molecule has 5 heteroatoms. The quantitative estimate of drug-likeness (QED) is 0.806. The minimum atomic E-state index is -0.392. The molecule has 2 fully saturated rings. The zero-order chi connectivity index (χ0) is 14.9. The Kier molecular flexibility index (Phi) is 4.31. The maximum atomic E-state index is 5.69. The molecule has 118 valence electrons. The van der Waals surface area contributed by atoms with Crippen molar-refractivity contribution in [1.29, 1.82) is 0 Å². The molecule has 21 heavy (non-hydrogen) atoms. The molecule has 0 radical (unpaired) electrons. The van der Waals surface area contributed by atoms with Gasteiger partial charge in [-0.1, -0.05) is 19.0 Å². The zero-order valence-corrected chi connectivity index (χ0v) is 13.5. The molecule has 1 aromatic heterocycles. The van der Waals surface area contributed by atoms with Crippen molar-refractivity contribution in [3.63, 3.8) is 0 Å². The molecule has 3 rings (SSSR count). The maximum absolute atomic E-state index is 5.69. The molecular weight excluding hydrogens is 266 g/mol. The van der Waals surface area contributed by atoms with Crippen LogP contribution in [-0.4, -0.2) is 41.3 Å². The minimum absolute atomic E-state index is 0.392. The van der Waals surface area contributed by atoms with Crippen molar-refractivity contribution >= 4 is 0 Å². The van der Waals surface area contributed by atoms with Crippen LogP contribution in [0.1, 0.15) is 70.0 Å². The molecule has 1 aromatic rings. The van der Waals surface area contributed by atoms with E-state index in [1.54, 1.807) is 7.11 Å². The maximum Gasteiger partial charge on any atom is 0.229 e. The van der Waals surface area contributed by atoms with Gasteiger partial charge in [-0.2, -0.15) is 4.98 Å². The first-order valence-corrected chi connectivity index (χ1v) is 8.35. The average Bonchev–Trinajstić information content (AvgIpc) is 3.28. The van der Waals surface area contributed by atoms with E-state index in [0.29, 0.717) is 5.92 Å². The fourth-order valence-electron chi connectivity index (χ4n) is 3.48. The summed E-state index contributed by atoms with van der Waals surface area (Å²) >= 11 is 0. The third kappa shape index (κ3) is 2.86. The monoisotopic (exact) mass is 293 g/mol. The van der Waals surface area contributed by atoms with Gasteiger partial charge in [-0.3, -0.25) is 0 Å². The van der Waals surface area contributed by atoms with Crippen LogP contribution in [0.4, 0.5) is 0 Å². The number of hydrogen-bond donors (Lipinski definition) is 0. The van der Waals surface area contributed by atoms with E-state index in [0.717, 1.165) is 43.4 Å². The Hall–Kier alpha value is -0.940. The summed E-state index contributed by atoms with van der Waals surface area (Å²) in [6.07, 6.45) is 6.77. The topological polar surface area (TPSA) is 51.4 Å². The average molecular weight is 293 g/mol. The van der Waals surface area contributed by atoms with Gasteiger partial charge in [-0.25, -0.2) is 0 Å². The van der Waals surface area contributed by atoms with E-state index >= 15 is 0 Å². The Morgan fingerprint density at radius 1 is 1.19 bits per heavy atom. The van der Waals surface area contributed by atoms with Crippen molar-refractivity contribution < 1.29 is 9.26 Å². The summed E-state index contributed by atoms with van der Waals surface area (Å²) in [5.41, 5.74) is -0.392. The van der Waals surface area contributed by atoms with Crippen molar-refractivity contribution in [2.24, 2.45) is 0 Å². The molecule has 0 atom stereocenters. The number of ether oxygens (including phenoxy) is 1. The van der Waals surface area contributed by atoms with E-state index in [1.807, 2.05) is 0 Å². The Balaban J connectivity index is 1.67. The number of nitrogens with zero attached hydrogens (tertiary/aromatic N) is 3. The van der Waals surface area contributed by atoms with Gasteiger partial charge in [0.2, 0.25) is 11.7 Å². The van der Waals surface area contributed by atoms with Gasteiger partial charge >= 0.3 is 0 Å². The largest absolute Gasteiger partial charge is 0.370 e. The van der Waals surface area contributed by atoms with Gasteiger partial charge in [0.05, 0.1) is 0 Å². The molecule has 0 spiro atoms. The predicted molar refractivity (Wildman–Crippen MR) is 80.1 cm³/mol. The highest BCUT2D eigenvalue weighted by Gasteiger charge is 2.37. The van der Waals surface area contributed by atoms with Gasteiger partial charge < -0.3 is 14.2 Å². The van der Waals surface area contributed by atoms with Crippen molar-refractivity contribution in [2.45, 2.75) is 69.9 Å². The number of rotatable bonds is 6. The van der Waals surface area contributed by atoms with Crippen LogP contribution >= 0.6 is 0 Å². The lowest BCUT2D eigenvalue weighted by molar-refractivity contribution is -0.0306. The molecule has 5 nitrogen and oxygen atoms in total. The Bertz CT molecular complexity index is 450. The van der Waals surface area contributed by atoms with Crippen molar-refractivity contribution in [1.82, 2.24) is 15.0 Å². The van der Waals surface area contributed by atoms with Crippen LogP contribution < -0.4 is 0 Å². The van der Waals surface area contributed by atoms with Crippen LogP contribution in [0.25, 0.3) is 0 Å². The molecule has 1 aliphatic heterocycles. The molecule has 0 amide bonds. The summed E-state index contributed by atoms with van der Waals surface area (Å²) in [6, 6.07) is 0.866. The molecule has 1 saturated heterocycles. The highest BCUT2D eigenvalue weighted by molar-refractivity contribution is 5.04. The fourth-order valence-corrected chi connectivity index (χ4v) is 3.48. The summed E-state index contributed by atoms with van der Waals surface area (Å²) in [5, 5.41) is 4.22. The Morgan fingerprint density at radius 2 is 1.86 bits per heavy atom. The minimum Gasteiger partial charge on any atom is -0.370 e. The number of methoxy groups -OCH3 is 1. The van der Waals surface area contributed by atoms with E-state index in [1.165, 1.54) is 25.9 Å². The molecule has 2 aliphatic rings. The first kappa shape index (κ1) is 15.0. The third-order valence-corrected chi connectivity index (χ3v) is 5.32. The lowest BCUT2D eigenvalue weighted by Gasteiger charge is -2.30. The molecule has 1 aliphatic carbocycles. The fraction of sp³-hybridized carbons (Fsp3) is 0.875. The van der Waals surface area contributed by atoms with Crippen LogP contribution in [-0.2, 0) is 10.3 Å². The van der Waals surface area contributed by atoms with Gasteiger partial charge in [0, 0.05) is 19.1 Å². The van der Waals surface area contributed by atoms with Crippen LogP contribution in [0.15, 0.2) is 4.52 Å². The standard InChI is InChI=1S/C16H27N3O2/c1-4-16(5-2,20-3)15-17-14(21-18-15)12-8-10-19(11-9-12)13-6-7-13/h12-13H,4-11H2,1-3H3. The SMILES string of the molecule is CCC(CC)(OC)c1noc(C2CCN(C3CC3)CC2)n1. The molecule has 0 bridgehead atoms. The van der Waals surface area contributed by atoms with E-state index in [2.05, 4.69) is 28.9 Å². The predicted octanol–water partition coefficient (Wildman–Crippen LogP) is 3.07. The summed E-state index contributed by atoms with van der Waals surface area (Å²) in [5.74, 6) is 1.95. The van der Waals surface area contributed by atoms with Gasteiger partial charge in [0.15, 0.2) is 0 Å².